The number of carbonyl (C=O) groups is 1. The topological polar surface area (TPSA) is 89.4 Å². The first-order chi connectivity index (χ1) is 15.2. The van der Waals surface area contributed by atoms with Crippen LogP contribution in [0.5, 0.6) is 5.75 Å². The largest absolute Gasteiger partial charge is 0.485 e. The van der Waals surface area contributed by atoms with Crippen LogP contribution in [-0.2, 0) is 18.4 Å². The minimum absolute atomic E-state index is 0.0245. The van der Waals surface area contributed by atoms with Crippen molar-refractivity contribution in [2.45, 2.75) is 13.5 Å². The Morgan fingerprint density at radius 1 is 1.28 bits per heavy atom. The Hall–Kier alpha value is -3.17. The van der Waals surface area contributed by atoms with Crippen LogP contribution < -0.4 is 10.4 Å². The number of benzene rings is 2. The molecule has 3 aromatic rings. The van der Waals surface area contributed by atoms with E-state index in [1.54, 1.807) is 40.3 Å². The van der Waals surface area contributed by atoms with Crippen LogP contribution in [-0.4, -0.2) is 52.9 Å². The van der Waals surface area contributed by atoms with Gasteiger partial charge in [0.05, 0.1) is 6.61 Å². The van der Waals surface area contributed by atoms with E-state index in [2.05, 4.69) is 10.2 Å². The van der Waals surface area contributed by atoms with Gasteiger partial charge in [-0.3, -0.25) is 9.36 Å². The average molecular weight is 463 g/mol. The Bertz CT molecular complexity index is 1190. The summed E-state index contributed by atoms with van der Waals surface area (Å²) < 4.78 is 27.1. The van der Waals surface area contributed by atoms with Gasteiger partial charge in [-0.25, -0.2) is 14.3 Å². The molecule has 0 bridgehead atoms. The number of amides is 1. The number of rotatable bonds is 8. The van der Waals surface area contributed by atoms with Crippen molar-refractivity contribution in [1.29, 1.82) is 0 Å². The van der Waals surface area contributed by atoms with Crippen molar-refractivity contribution in [3.05, 3.63) is 68.6 Å². The van der Waals surface area contributed by atoms with E-state index in [0.717, 1.165) is 5.56 Å². The van der Waals surface area contributed by atoms with E-state index in [1.165, 1.54) is 27.7 Å². The number of carbonyl (C=O) groups excluding carboxylic acids is 1. The number of nitrogens with zero attached hydrogens (tertiary/aromatic N) is 3. The first-order valence-corrected chi connectivity index (χ1v) is 10.2. The first-order valence-electron chi connectivity index (χ1n) is 9.80. The first kappa shape index (κ1) is 23.5. The summed E-state index contributed by atoms with van der Waals surface area (Å²) in [5, 5.41) is 6.67. The summed E-state index contributed by atoms with van der Waals surface area (Å²) >= 11 is 6.31. The maximum absolute atomic E-state index is 14.9. The molecule has 0 saturated heterocycles. The van der Waals surface area contributed by atoms with Gasteiger partial charge in [0.25, 0.3) is 5.91 Å². The van der Waals surface area contributed by atoms with Gasteiger partial charge >= 0.3 is 5.69 Å². The van der Waals surface area contributed by atoms with Crippen molar-refractivity contribution in [3.8, 4) is 16.9 Å². The van der Waals surface area contributed by atoms with Crippen LogP contribution in [0.2, 0.25) is 5.02 Å². The number of aromatic nitrogens is 3. The van der Waals surface area contributed by atoms with E-state index in [4.69, 9.17) is 21.1 Å². The second-order valence-electron chi connectivity index (χ2n) is 7.30. The number of halogens is 2. The predicted octanol–water partition coefficient (Wildman–Crippen LogP) is 3.17. The third-order valence-corrected chi connectivity index (χ3v) is 5.48. The number of hydrogen-bond donors (Lipinski definition) is 1. The molecule has 0 aliphatic rings. The number of likely N-dealkylation sites (N-methyl/N-ethyl adjacent to an activating group) is 1. The number of aryl methyl sites for hydroxylation is 1. The molecule has 1 heterocycles. The Balaban J connectivity index is 1.99. The van der Waals surface area contributed by atoms with E-state index in [0.29, 0.717) is 40.9 Å². The van der Waals surface area contributed by atoms with Gasteiger partial charge in [-0.15, -0.1) is 0 Å². The maximum atomic E-state index is 14.9. The zero-order chi connectivity index (χ0) is 23.4. The van der Waals surface area contributed by atoms with Crippen molar-refractivity contribution < 1.29 is 18.7 Å². The van der Waals surface area contributed by atoms with Gasteiger partial charge in [0.2, 0.25) is 0 Å². The molecule has 0 fully saturated rings. The molecule has 0 unspecified atom stereocenters. The van der Waals surface area contributed by atoms with Gasteiger partial charge in [-0.05, 0) is 42.8 Å². The summed E-state index contributed by atoms with van der Waals surface area (Å²) in [6.45, 7) is 2.56. The smallest absolute Gasteiger partial charge is 0.343 e. The molecule has 1 aromatic heterocycles. The van der Waals surface area contributed by atoms with Gasteiger partial charge in [0.1, 0.15) is 18.2 Å². The van der Waals surface area contributed by atoms with Gasteiger partial charge in [0, 0.05) is 49.5 Å². The Morgan fingerprint density at radius 2 is 2.03 bits per heavy atom. The predicted molar refractivity (Wildman–Crippen MR) is 119 cm³/mol. The van der Waals surface area contributed by atoms with Crippen LogP contribution in [0.25, 0.3) is 11.1 Å². The lowest BCUT2D eigenvalue weighted by Crippen LogP contribution is -2.29. The Morgan fingerprint density at radius 3 is 2.69 bits per heavy atom. The van der Waals surface area contributed by atoms with Crippen molar-refractivity contribution in [1.82, 2.24) is 19.7 Å². The standard InChI is InChI=1S/C22H24ClFN4O4/c1-13-9-19(32-12-20-25-26-22(30)28(20)3)16(11-17(13)23)15-10-14(5-6-18(15)24)21(29)27(2)7-8-31-4/h5-6,9-11H,7-8,12H2,1-4H3,(H,26,30). The molecule has 32 heavy (non-hydrogen) atoms. The van der Waals surface area contributed by atoms with Gasteiger partial charge in [0.15, 0.2) is 5.82 Å². The fraction of sp³-hybridized carbons (Fsp3) is 0.318. The number of hydrogen-bond acceptors (Lipinski definition) is 5. The monoisotopic (exact) mass is 462 g/mol. The third kappa shape index (κ3) is 5.00. The highest BCUT2D eigenvalue weighted by molar-refractivity contribution is 6.31. The van der Waals surface area contributed by atoms with E-state index < -0.39 is 5.82 Å². The molecule has 1 amide bonds. The highest BCUT2D eigenvalue weighted by atomic mass is 35.5. The lowest BCUT2D eigenvalue weighted by Gasteiger charge is -2.18. The van der Waals surface area contributed by atoms with Crippen LogP contribution in [0.15, 0.2) is 35.1 Å². The van der Waals surface area contributed by atoms with E-state index in [9.17, 15) is 14.0 Å². The summed E-state index contributed by atoms with van der Waals surface area (Å²) in [6.07, 6.45) is 0. The fourth-order valence-corrected chi connectivity index (χ4v) is 3.21. The number of H-pyrrole nitrogens is 1. The van der Waals surface area contributed by atoms with Crippen molar-refractivity contribution in [2.24, 2.45) is 7.05 Å². The number of aromatic amines is 1. The van der Waals surface area contributed by atoms with Crippen LogP contribution in [0.4, 0.5) is 4.39 Å². The molecule has 0 aliphatic heterocycles. The fourth-order valence-electron chi connectivity index (χ4n) is 3.05. The Kier molecular flexibility index (Phi) is 7.32. The van der Waals surface area contributed by atoms with Crippen LogP contribution >= 0.6 is 11.6 Å². The third-order valence-electron chi connectivity index (χ3n) is 5.07. The number of nitrogens with one attached hydrogen (secondary N) is 1. The van der Waals surface area contributed by atoms with Crippen molar-refractivity contribution in [3.63, 3.8) is 0 Å². The van der Waals surface area contributed by atoms with E-state index in [-0.39, 0.29) is 23.8 Å². The second kappa shape index (κ2) is 9.97. The highest BCUT2D eigenvalue weighted by Crippen LogP contribution is 2.37. The molecule has 1 N–H and O–H groups in total. The summed E-state index contributed by atoms with van der Waals surface area (Å²) in [6, 6.07) is 7.42. The van der Waals surface area contributed by atoms with Gasteiger partial charge < -0.3 is 14.4 Å². The summed E-state index contributed by atoms with van der Waals surface area (Å²) in [7, 11) is 4.76. The second-order valence-corrected chi connectivity index (χ2v) is 7.71. The molecule has 0 aliphatic carbocycles. The molecule has 0 radical (unpaired) electrons. The van der Waals surface area contributed by atoms with E-state index in [1.807, 2.05) is 0 Å². The molecule has 0 atom stereocenters. The molecular formula is C22H24ClFN4O4. The van der Waals surface area contributed by atoms with Crippen LogP contribution in [0, 0.1) is 12.7 Å². The van der Waals surface area contributed by atoms with Crippen molar-refractivity contribution >= 4 is 17.5 Å². The zero-order valence-electron chi connectivity index (χ0n) is 18.2. The van der Waals surface area contributed by atoms with E-state index >= 15 is 0 Å². The van der Waals surface area contributed by atoms with Gasteiger partial charge in [-0.1, -0.05) is 11.6 Å². The molecule has 170 valence electrons. The summed E-state index contributed by atoms with van der Waals surface area (Å²) in [5.41, 5.74) is 1.23. The SMILES string of the molecule is COCCN(C)C(=O)c1ccc(F)c(-c2cc(Cl)c(C)cc2OCc2n[nH]c(=O)n2C)c1. The molecular weight excluding hydrogens is 439 g/mol. The van der Waals surface area contributed by atoms with Gasteiger partial charge in [-0.2, -0.15) is 5.10 Å². The number of ether oxygens (including phenoxy) is 2. The summed E-state index contributed by atoms with van der Waals surface area (Å²) in [4.78, 5) is 25.8. The quantitative estimate of drug-likeness (QED) is 0.555. The minimum Gasteiger partial charge on any atom is -0.485 e. The summed E-state index contributed by atoms with van der Waals surface area (Å²) in [5.74, 6) is -0.0789. The molecule has 8 nitrogen and oxygen atoms in total. The molecule has 3 rings (SSSR count). The molecule has 0 spiro atoms. The molecule has 0 saturated carbocycles. The lowest BCUT2D eigenvalue weighted by atomic mass is 9.99. The average Bonchev–Trinajstić information content (AvgIpc) is 3.10. The Labute approximate surface area is 189 Å². The molecule has 10 heteroatoms. The van der Waals surface area contributed by atoms with Crippen molar-refractivity contribution in [2.75, 3.05) is 27.3 Å². The van der Waals surface area contributed by atoms with Crippen LogP contribution in [0.1, 0.15) is 21.7 Å². The minimum atomic E-state index is -0.530. The van der Waals surface area contributed by atoms with Crippen LogP contribution in [0.3, 0.4) is 0 Å². The highest BCUT2D eigenvalue weighted by Gasteiger charge is 2.19. The molecule has 2 aromatic carbocycles. The maximum Gasteiger partial charge on any atom is 0.343 e. The lowest BCUT2D eigenvalue weighted by molar-refractivity contribution is 0.0744. The normalized spacial score (nSPS) is 10.9. The number of methoxy groups -OCH3 is 1. The zero-order valence-corrected chi connectivity index (χ0v) is 19.0.